The molecule has 4 heteroatoms. The van der Waals surface area contributed by atoms with Gasteiger partial charge in [0.25, 0.3) is 0 Å². The molecule has 0 bridgehead atoms. The van der Waals surface area contributed by atoms with Crippen molar-refractivity contribution in [2.75, 3.05) is 0 Å². The molecular weight excluding hydrogens is 238 g/mol. The predicted octanol–water partition coefficient (Wildman–Crippen LogP) is 2.42. The van der Waals surface area contributed by atoms with Crippen LogP contribution in [0, 0.1) is 6.92 Å². The van der Waals surface area contributed by atoms with Crippen molar-refractivity contribution in [3.8, 4) is 0 Å². The Morgan fingerprint density at radius 3 is 2.84 bits per heavy atom. The quantitative estimate of drug-likeness (QED) is 0.863. The zero-order valence-electron chi connectivity index (χ0n) is 11.2. The fourth-order valence-electron chi connectivity index (χ4n) is 2.10. The van der Waals surface area contributed by atoms with Crippen LogP contribution in [0.5, 0.6) is 0 Å². The van der Waals surface area contributed by atoms with E-state index >= 15 is 0 Å². The Bertz CT molecular complexity index is 546. The van der Waals surface area contributed by atoms with Crippen molar-refractivity contribution in [2.45, 2.75) is 45.2 Å². The van der Waals surface area contributed by atoms with Gasteiger partial charge in [0.1, 0.15) is 0 Å². The van der Waals surface area contributed by atoms with E-state index in [2.05, 4.69) is 46.7 Å². The van der Waals surface area contributed by atoms with Crippen LogP contribution in [0.1, 0.15) is 35.7 Å². The standard InChI is InChI=1S/C15H19N3O/c1-11-3-2-4-12(9-11)5-8-14-17-18-15(19-14)10-16-13-6-7-13/h2-4,9,13,16H,5-8,10H2,1H3. The third kappa shape index (κ3) is 3.64. The molecule has 2 aromatic rings. The molecule has 0 aliphatic heterocycles. The second-order valence-electron chi connectivity index (χ2n) is 5.23. The highest BCUT2D eigenvalue weighted by Crippen LogP contribution is 2.19. The zero-order chi connectivity index (χ0) is 13.1. The van der Waals surface area contributed by atoms with Crippen LogP contribution in [0.15, 0.2) is 28.7 Å². The molecule has 0 unspecified atom stereocenters. The molecule has 0 spiro atoms. The normalized spacial score (nSPS) is 14.8. The minimum atomic E-state index is 0.669. The van der Waals surface area contributed by atoms with Gasteiger partial charge >= 0.3 is 0 Å². The Labute approximate surface area is 113 Å². The molecule has 1 N–H and O–H groups in total. The highest BCUT2D eigenvalue weighted by molar-refractivity contribution is 5.22. The van der Waals surface area contributed by atoms with E-state index in [1.54, 1.807) is 0 Å². The first kappa shape index (κ1) is 12.4. The molecular formula is C15H19N3O. The van der Waals surface area contributed by atoms with Crippen molar-refractivity contribution in [1.82, 2.24) is 15.5 Å². The Morgan fingerprint density at radius 2 is 2.05 bits per heavy atom. The Hall–Kier alpha value is -1.68. The van der Waals surface area contributed by atoms with Crippen molar-refractivity contribution < 1.29 is 4.42 Å². The maximum atomic E-state index is 5.63. The van der Waals surface area contributed by atoms with Crippen LogP contribution in [-0.2, 0) is 19.4 Å². The van der Waals surface area contributed by atoms with Crippen LogP contribution >= 0.6 is 0 Å². The lowest BCUT2D eigenvalue weighted by Gasteiger charge is -2.00. The molecule has 1 heterocycles. The van der Waals surface area contributed by atoms with E-state index in [1.165, 1.54) is 24.0 Å². The van der Waals surface area contributed by atoms with Gasteiger partial charge in [-0.2, -0.15) is 0 Å². The summed E-state index contributed by atoms with van der Waals surface area (Å²) < 4.78 is 5.63. The lowest BCUT2D eigenvalue weighted by molar-refractivity contribution is 0.431. The summed E-state index contributed by atoms with van der Waals surface area (Å²) in [4.78, 5) is 0. The molecule has 0 atom stereocenters. The molecule has 0 saturated heterocycles. The van der Waals surface area contributed by atoms with Crippen molar-refractivity contribution in [3.05, 3.63) is 47.2 Å². The number of rotatable bonds is 6. The minimum absolute atomic E-state index is 0.669. The predicted molar refractivity (Wildman–Crippen MR) is 72.7 cm³/mol. The van der Waals surface area contributed by atoms with Crippen LogP contribution in [0.4, 0.5) is 0 Å². The molecule has 19 heavy (non-hydrogen) atoms. The van der Waals surface area contributed by atoms with Gasteiger partial charge in [-0.05, 0) is 31.7 Å². The summed E-state index contributed by atoms with van der Waals surface area (Å²) in [6, 6.07) is 9.20. The topological polar surface area (TPSA) is 51.0 Å². The highest BCUT2D eigenvalue weighted by atomic mass is 16.4. The van der Waals surface area contributed by atoms with Crippen molar-refractivity contribution >= 4 is 0 Å². The van der Waals surface area contributed by atoms with E-state index in [0.29, 0.717) is 18.5 Å². The molecule has 4 nitrogen and oxygen atoms in total. The lowest BCUT2D eigenvalue weighted by atomic mass is 10.1. The number of benzene rings is 1. The Balaban J connectivity index is 1.51. The smallest absolute Gasteiger partial charge is 0.230 e. The molecule has 0 radical (unpaired) electrons. The van der Waals surface area contributed by atoms with Crippen molar-refractivity contribution in [2.24, 2.45) is 0 Å². The van der Waals surface area contributed by atoms with E-state index in [1.807, 2.05) is 0 Å². The van der Waals surface area contributed by atoms with Crippen LogP contribution < -0.4 is 5.32 Å². The van der Waals surface area contributed by atoms with Crippen molar-refractivity contribution in [1.29, 1.82) is 0 Å². The molecule has 1 aromatic carbocycles. The van der Waals surface area contributed by atoms with E-state index < -0.39 is 0 Å². The minimum Gasteiger partial charge on any atom is -0.424 e. The van der Waals surface area contributed by atoms with E-state index in [4.69, 9.17) is 4.42 Å². The summed E-state index contributed by atoms with van der Waals surface area (Å²) >= 11 is 0. The van der Waals surface area contributed by atoms with Gasteiger partial charge in [0, 0.05) is 12.5 Å². The summed E-state index contributed by atoms with van der Waals surface area (Å²) in [6.45, 7) is 2.81. The maximum Gasteiger partial charge on any atom is 0.230 e. The first-order valence-corrected chi connectivity index (χ1v) is 6.90. The summed E-state index contributed by atoms with van der Waals surface area (Å²) in [6.07, 6.45) is 4.29. The number of nitrogens with one attached hydrogen (secondary N) is 1. The second-order valence-corrected chi connectivity index (χ2v) is 5.23. The van der Waals surface area contributed by atoms with E-state index in [-0.39, 0.29) is 0 Å². The van der Waals surface area contributed by atoms with Gasteiger partial charge < -0.3 is 9.73 Å². The van der Waals surface area contributed by atoms with E-state index in [0.717, 1.165) is 18.7 Å². The summed E-state index contributed by atoms with van der Waals surface area (Å²) in [7, 11) is 0. The van der Waals surface area contributed by atoms with Gasteiger partial charge in [0.05, 0.1) is 6.54 Å². The number of nitrogens with zero attached hydrogens (tertiary/aromatic N) is 2. The van der Waals surface area contributed by atoms with Gasteiger partial charge in [-0.1, -0.05) is 29.8 Å². The van der Waals surface area contributed by atoms with Crippen LogP contribution in [0.25, 0.3) is 0 Å². The number of hydrogen-bond acceptors (Lipinski definition) is 4. The molecule has 1 aliphatic carbocycles. The molecule has 1 saturated carbocycles. The molecule has 1 aliphatic rings. The third-order valence-electron chi connectivity index (χ3n) is 3.34. The molecule has 100 valence electrons. The van der Waals surface area contributed by atoms with Crippen LogP contribution in [-0.4, -0.2) is 16.2 Å². The van der Waals surface area contributed by atoms with Crippen LogP contribution in [0.2, 0.25) is 0 Å². The SMILES string of the molecule is Cc1cccc(CCc2nnc(CNC3CC3)o2)c1. The monoisotopic (exact) mass is 257 g/mol. The Kier molecular flexibility index (Phi) is 3.60. The highest BCUT2D eigenvalue weighted by Gasteiger charge is 2.21. The first-order chi connectivity index (χ1) is 9.29. The number of aromatic nitrogens is 2. The van der Waals surface area contributed by atoms with Gasteiger partial charge in [-0.25, -0.2) is 0 Å². The molecule has 1 fully saturated rings. The largest absolute Gasteiger partial charge is 0.424 e. The number of aryl methyl sites for hydroxylation is 3. The van der Waals surface area contributed by atoms with Gasteiger partial charge in [-0.15, -0.1) is 10.2 Å². The van der Waals surface area contributed by atoms with Crippen molar-refractivity contribution in [3.63, 3.8) is 0 Å². The molecule has 3 rings (SSSR count). The summed E-state index contributed by atoms with van der Waals surface area (Å²) in [5.41, 5.74) is 2.60. The Morgan fingerprint density at radius 1 is 1.21 bits per heavy atom. The fraction of sp³-hybridized carbons (Fsp3) is 0.467. The second kappa shape index (κ2) is 5.53. The fourth-order valence-corrected chi connectivity index (χ4v) is 2.10. The third-order valence-corrected chi connectivity index (χ3v) is 3.34. The summed E-state index contributed by atoms with van der Waals surface area (Å²) in [5.74, 6) is 1.43. The molecule has 1 aromatic heterocycles. The zero-order valence-corrected chi connectivity index (χ0v) is 11.2. The van der Waals surface area contributed by atoms with Gasteiger partial charge in [0.15, 0.2) is 0 Å². The first-order valence-electron chi connectivity index (χ1n) is 6.90. The summed E-state index contributed by atoms with van der Waals surface area (Å²) in [5, 5.41) is 11.5. The molecule has 0 amide bonds. The lowest BCUT2D eigenvalue weighted by Crippen LogP contribution is -2.15. The average molecular weight is 257 g/mol. The van der Waals surface area contributed by atoms with Gasteiger partial charge in [-0.3, -0.25) is 0 Å². The number of hydrogen-bond donors (Lipinski definition) is 1. The average Bonchev–Trinajstić information content (AvgIpc) is 3.13. The maximum absolute atomic E-state index is 5.63. The van der Waals surface area contributed by atoms with Crippen LogP contribution in [0.3, 0.4) is 0 Å². The van der Waals surface area contributed by atoms with Gasteiger partial charge in [0.2, 0.25) is 11.8 Å². The van der Waals surface area contributed by atoms with E-state index in [9.17, 15) is 0 Å².